The number of sulfonamides is 1. The molecule has 1 fully saturated rings. The molecule has 1 saturated heterocycles. The Labute approximate surface area is 123 Å². The highest BCUT2D eigenvalue weighted by Crippen LogP contribution is 2.15. The number of hydrogen-bond acceptors (Lipinski definition) is 5. The molecule has 1 heterocycles. The van der Waals surface area contributed by atoms with Crippen LogP contribution in [0.4, 0.5) is 5.69 Å². The third-order valence-corrected chi connectivity index (χ3v) is 5.03. The second-order valence-electron chi connectivity index (χ2n) is 5.22. The van der Waals surface area contributed by atoms with Crippen LogP contribution in [0.3, 0.4) is 0 Å². The molecule has 0 radical (unpaired) electrons. The Hall–Kier alpha value is -1.51. The van der Waals surface area contributed by atoms with Crippen LogP contribution >= 0.6 is 0 Å². The van der Waals surface area contributed by atoms with Crippen LogP contribution in [-0.4, -0.2) is 32.2 Å². The van der Waals surface area contributed by atoms with Crippen LogP contribution in [0, 0.1) is 16.0 Å². The third-order valence-electron chi connectivity index (χ3n) is 3.53. The van der Waals surface area contributed by atoms with E-state index in [9.17, 15) is 18.5 Å². The first-order valence-corrected chi connectivity index (χ1v) is 8.53. The second-order valence-corrected chi connectivity index (χ2v) is 7.07. The van der Waals surface area contributed by atoms with Gasteiger partial charge < -0.3 is 5.32 Å². The van der Waals surface area contributed by atoms with E-state index < -0.39 is 14.9 Å². The van der Waals surface area contributed by atoms with E-state index in [1.54, 1.807) is 12.1 Å². The summed E-state index contributed by atoms with van der Waals surface area (Å²) < 4.78 is 26.6. The summed E-state index contributed by atoms with van der Waals surface area (Å²) in [6.45, 7) is 1.78. The van der Waals surface area contributed by atoms with Crippen molar-refractivity contribution in [1.29, 1.82) is 0 Å². The summed E-state index contributed by atoms with van der Waals surface area (Å²) in [5, 5.41) is 13.9. The van der Waals surface area contributed by atoms with E-state index in [-0.39, 0.29) is 23.9 Å². The van der Waals surface area contributed by atoms with Gasteiger partial charge in [0.25, 0.3) is 5.69 Å². The van der Waals surface area contributed by atoms with Gasteiger partial charge in [0.05, 0.1) is 10.7 Å². The molecule has 7 nitrogen and oxygen atoms in total. The van der Waals surface area contributed by atoms with Crippen LogP contribution in [0.1, 0.15) is 18.4 Å². The lowest BCUT2D eigenvalue weighted by atomic mass is 10.0. The number of hydrogen-bond donors (Lipinski definition) is 2. The first-order valence-electron chi connectivity index (χ1n) is 6.88. The lowest BCUT2D eigenvalue weighted by Crippen LogP contribution is -2.35. The van der Waals surface area contributed by atoms with Crippen molar-refractivity contribution >= 4 is 15.7 Å². The van der Waals surface area contributed by atoms with Crippen LogP contribution in [-0.2, 0) is 16.6 Å². The number of piperidine rings is 1. The minimum Gasteiger partial charge on any atom is -0.317 e. The Morgan fingerprint density at radius 1 is 1.33 bits per heavy atom. The van der Waals surface area contributed by atoms with Crippen LogP contribution in [0.25, 0.3) is 0 Å². The highest BCUT2D eigenvalue weighted by atomic mass is 32.2. The van der Waals surface area contributed by atoms with Gasteiger partial charge in [0.2, 0.25) is 10.0 Å². The van der Waals surface area contributed by atoms with Gasteiger partial charge in [0.15, 0.2) is 0 Å². The number of nitro groups is 1. The number of benzene rings is 1. The summed E-state index contributed by atoms with van der Waals surface area (Å²) in [5.74, 6) is 0.290. The summed E-state index contributed by atoms with van der Waals surface area (Å²) in [6.07, 6.45) is 1.72. The zero-order chi connectivity index (χ0) is 15.3. The smallest absolute Gasteiger partial charge is 0.269 e. The average Bonchev–Trinajstić information content (AvgIpc) is 2.46. The third kappa shape index (κ3) is 5.07. The fraction of sp³-hybridized carbons (Fsp3) is 0.538. The molecule has 0 aliphatic carbocycles. The lowest BCUT2D eigenvalue weighted by molar-refractivity contribution is -0.384. The molecular weight excluding hydrogens is 294 g/mol. The van der Waals surface area contributed by atoms with Gasteiger partial charge in [-0.2, -0.15) is 0 Å². The zero-order valence-electron chi connectivity index (χ0n) is 11.6. The maximum atomic E-state index is 12.0. The van der Waals surface area contributed by atoms with Gasteiger partial charge in [-0.05, 0) is 37.4 Å². The van der Waals surface area contributed by atoms with Crippen LogP contribution in [0.15, 0.2) is 24.3 Å². The van der Waals surface area contributed by atoms with Crippen molar-refractivity contribution in [2.75, 3.05) is 18.8 Å². The number of rotatable bonds is 6. The number of nitro benzene ring substituents is 1. The van der Waals surface area contributed by atoms with E-state index >= 15 is 0 Å². The van der Waals surface area contributed by atoms with Crippen LogP contribution in [0.2, 0.25) is 0 Å². The van der Waals surface area contributed by atoms with Gasteiger partial charge in [-0.1, -0.05) is 12.1 Å². The Kier molecular flexibility index (Phi) is 5.27. The van der Waals surface area contributed by atoms with Gasteiger partial charge in [-0.3, -0.25) is 10.1 Å². The topological polar surface area (TPSA) is 101 Å². The van der Waals surface area contributed by atoms with Gasteiger partial charge in [-0.25, -0.2) is 13.1 Å². The summed E-state index contributed by atoms with van der Waals surface area (Å²) in [5.41, 5.74) is 0.545. The van der Waals surface area contributed by atoms with Crippen molar-refractivity contribution < 1.29 is 13.3 Å². The average molecular weight is 313 g/mol. The molecule has 0 bridgehead atoms. The van der Waals surface area contributed by atoms with Crippen molar-refractivity contribution in [3.05, 3.63) is 39.9 Å². The Bertz CT molecular complexity index is 597. The van der Waals surface area contributed by atoms with Gasteiger partial charge in [0.1, 0.15) is 0 Å². The highest BCUT2D eigenvalue weighted by molar-refractivity contribution is 7.89. The van der Waals surface area contributed by atoms with E-state index in [4.69, 9.17) is 0 Å². The van der Waals surface area contributed by atoms with Crippen molar-refractivity contribution in [2.45, 2.75) is 19.4 Å². The largest absolute Gasteiger partial charge is 0.317 e. The molecule has 2 rings (SSSR count). The highest BCUT2D eigenvalue weighted by Gasteiger charge is 2.21. The number of nitrogens with zero attached hydrogens (tertiary/aromatic N) is 1. The first-order chi connectivity index (χ1) is 9.96. The Balaban J connectivity index is 1.91. The Morgan fingerprint density at radius 2 is 2.05 bits per heavy atom. The standard InChI is InChI=1S/C13H19N3O4S/c17-16(18)13-3-1-2-12(8-13)9-15-21(19,20)10-11-4-6-14-7-5-11/h1-3,8,11,14-15H,4-7,9-10H2. The molecule has 1 aliphatic heterocycles. The van der Waals surface area contributed by atoms with E-state index in [1.165, 1.54) is 12.1 Å². The molecule has 116 valence electrons. The van der Waals surface area contributed by atoms with Crippen molar-refractivity contribution in [3.63, 3.8) is 0 Å². The van der Waals surface area contributed by atoms with Crippen molar-refractivity contribution in [2.24, 2.45) is 5.92 Å². The summed E-state index contributed by atoms with van der Waals surface area (Å²) >= 11 is 0. The SMILES string of the molecule is O=[N+]([O-])c1cccc(CNS(=O)(=O)CC2CCNCC2)c1. The minimum absolute atomic E-state index is 0.0370. The van der Waals surface area contributed by atoms with E-state index in [0.717, 1.165) is 25.9 Å². The van der Waals surface area contributed by atoms with E-state index in [0.29, 0.717) is 5.56 Å². The van der Waals surface area contributed by atoms with Gasteiger partial charge in [-0.15, -0.1) is 0 Å². The lowest BCUT2D eigenvalue weighted by Gasteiger charge is -2.22. The van der Waals surface area contributed by atoms with Crippen LogP contribution < -0.4 is 10.0 Å². The minimum atomic E-state index is -3.36. The molecule has 1 aromatic rings. The fourth-order valence-electron chi connectivity index (χ4n) is 2.39. The number of non-ortho nitro benzene ring substituents is 1. The molecule has 1 aliphatic rings. The molecule has 0 unspecified atom stereocenters. The molecule has 8 heteroatoms. The molecule has 0 amide bonds. The van der Waals surface area contributed by atoms with Crippen molar-refractivity contribution in [1.82, 2.24) is 10.0 Å². The maximum absolute atomic E-state index is 12.0. The normalized spacial score (nSPS) is 16.8. The predicted octanol–water partition coefficient (Wildman–Crippen LogP) is 1.01. The second kappa shape index (κ2) is 6.97. The predicted molar refractivity (Wildman–Crippen MR) is 79.3 cm³/mol. The molecule has 0 atom stereocenters. The van der Waals surface area contributed by atoms with Gasteiger partial charge >= 0.3 is 0 Å². The molecule has 2 N–H and O–H groups in total. The Morgan fingerprint density at radius 3 is 2.71 bits per heavy atom. The number of nitrogens with one attached hydrogen (secondary N) is 2. The summed E-state index contributed by atoms with van der Waals surface area (Å²) in [4.78, 5) is 10.2. The van der Waals surface area contributed by atoms with Crippen LogP contribution in [0.5, 0.6) is 0 Å². The molecular formula is C13H19N3O4S. The van der Waals surface area contributed by atoms with E-state index in [1.807, 2.05) is 0 Å². The quantitative estimate of drug-likeness (QED) is 0.603. The monoisotopic (exact) mass is 313 g/mol. The van der Waals surface area contributed by atoms with Gasteiger partial charge in [0, 0.05) is 18.7 Å². The molecule has 0 spiro atoms. The molecule has 1 aromatic carbocycles. The zero-order valence-corrected chi connectivity index (χ0v) is 12.4. The molecule has 0 saturated carbocycles. The maximum Gasteiger partial charge on any atom is 0.269 e. The summed E-state index contributed by atoms with van der Waals surface area (Å²) in [6, 6.07) is 5.98. The van der Waals surface area contributed by atoms with E-state index in [2.05, 4.69) is 10.0 Å². The fourth-order valence-corrected chi connectivity index (χ4v) is 3.85. The molecule has 0 aromatic heterocycles. The molecule has 21 heavy (non-hydrogen) atoms. The van der Waals surface area contributed by atoms with Crippen molar-refractivity contribution in [3.8, 4) is 0 Å². The first kappa shape index (κ1) is 15.9. The summed E-state index contributed by atoms with van der Waals surface area (Å²) in [7, 11) is -3.36.